The van der Waals surface area contributed by atoms with Crippen molar-refractivity contribution in [3.8, 4) is 0 Å². The molecule has 1 heterocycles. The Balaban J connectivity index is 1.89. The Morgan fingerprint density at radius 1 is 1.50 bits per heavy atom. The largest absolute Gasteiger partial charge is 0.359 e. The molecule has 1 aromatic heterocycles. The summed E-state index contributed by atoms with van der Waals surface area (Å²) in [6, 6.07) is 0. The van der Waals surface area contributed by atoms with Crippen molar-refractivity contribution in [3.05, 3.63) is 5.01 Å². The van der Waals surface area contributed by atoms with Crippen molar-refractivity contribution in [1.29, 1.82) is 0 Å². The van der Waals surface area contributed by atoms with Crippen molar-refractivity contribution < 1.29 is 8.78 Å². The normalized spacial score (nSPS) is 18.6. The molecule has 0 aromatic carbocycles. The highest BCUT2D eigenvalue weighted by molar-refractivity contribution is 7.15. The maximum atomic E-state index is 12.5. The third kappa shape index (κ3) is 1.84. The van der Waals surface area contributed by atoms with Crippen molar-refractivity contribution in [2.24, 2.45) is 5.41 Å². The minimum atomic E-state index is -2.23. The molecule has 14 heavy (non-hydrogen) atoms. The number of anilines is 1. The summed E-state index contributed by atoms with van der Waals surface area (Å²) in [6.45, 7) is 2.14. The lowest BCUT2D eigenvalue weighted by atomic mass is 10.1. The van der Waals surface area contributed by atoms with Crippen LogP contribution in [0.4, 0.5) is 13.9 Å². The summed E-state index contributed by atoms with van der Waals surface area (Å²) in [6.07, 6.45) is -1.02. The van der Waals surface area contributed by atoms with E-state index in [0.29, 0.717) is 24.5 Å². The first-order valence-corrected chi connectivity index (χ1v) is 5.26. The van der Waals surface area contributed by atoms with Crippen molar-refractivity contribution in [2.75, 3.05) is 11.9 Å². The third-order valence-corrected chi connectivity index (χ3v) is 3.27. The number of alkyl halides is 2. The summed E-state index contributed by atoms with van der Waals surface area (Å²) in [5.74, 6) is 0. The van der Waals surface area contributed by atoms with Crippen molar-refractivity contribution in [2.45, 2.75) is 26.2 Å². The second-order valence-corrected chi connectivity index (χ2v) is 4.82. The number of nitrogens with one attached hydrogen (secondary N) is 1. The Kier molecular flexibility index (Phi) is 2.38. The molecule has 0 saturated heterocycles. The first kappa shape index (κ1) is 9.76. The molecule has 0 atom stereocenters. The van der Waals surface area contributed by atoms with Gasteiger partial charge >= 0.3 is 0 Å². The average Bonchev–Trinajstić information content (AvgIpc) is 2.82. The van der Waals surface area contributed by atoms with Gasteiger partial charge in [0.05, 0.1) is 0 Å². The van der Waals surface area contributed by atoms with Gasteiger partial charge in [-0.3, -0.25) is 0 Å². The summed E-state index contributed by atoms with van der Waals surface area (Å²) in [5.41, 5.74) is -0.792. The van der Waals surface area contributed by atoms with E-state index in [1.807, 2.05) is 6.92 Å². The van der Waals surface area contributed by atoms with Crippen molar-refractivity contribution in [1.82, 2.24) is 10.2 Å². The molecular weight excluding hydrogens is 208 g/mol. The van der Waals surface area contributed by atoms with Gasteiger partial charge in [-0.15, -0.1) is 10.2 Å². The second-order valence-electron chi connectivity index (χ2n) is 3.64. The van der Waals surface area contributed by atoms with Crippen LogP contribution in [0.25, 0.3) is 0 Å². The molecule has 1 fully saturated rings. The topological polar surface area (TPSA) is 37.8 Å². The van der Waals surface area contributed by atoms with Crippen LogP contribution in [-0.4, -0.2) is 23.2 Å². The Hall–Kier alpha value is -0.780. The summed E-state index contributed by atoms with van der Waals surface area (Å²) in [4.78, 5) is 0. The Bertz CT molecular complexity index is 322. The van der Waals surface area contributed by atoms with Crippen LogP contribution in [0, 0.1) is 12.3 Å². The van der Waals surface area contributed by atoms with E-state index in [1.165, 1.54) is 11.3 Å². The highest BCUT2D eigenvalue weighted by Crippen LogP contribution is 2.50. The highest BCUT2D eigenvalue weighted by atomic mass is 32.1. The fourth-order valence-corrected chi connectivity index (χ4v) is 1.84. The van der Waals surface area contributed by atoms with E-state index in [1.54, 1.807) is 0 Å². The van der Waals surface area contributed by atoms with Crippen LogP contribution in [0.2, 0.25) is 0 Å². The number of hydrogen-bond donors (Lipinski definition) is 1. The molecule has 0 bridgehead atoms. The molecule has 3 nitrogen and oxygen atoms in total. The summed E-state index contributed by atoms with van der Waals surface area (Å²) in [5, 5.41) is 12.0. The SMILES string of the molecule is Cc1nnc(NCC2(C(F)F)CC2)s1. The predicted octanol–water partition coefficient (Wildman–Crippen LogP) is 2.30. The molecule has 0 unspecified atom stereocenters. The molecule has 78 valence electrons. The smallest absolute Gasteiger partial charge is 0.245 e. The van der Waals surface area contributed by atoms with E-state index in [-0.39, 0.29) is 0 Å². The molecule has 1 saturated carbocycles. The van der Waals surface area contributed by atoms with Crippen LogP contribution in [0.1, 0.15) is 17.8 Å². The van der Waals surface area contributed by atoms with Crippen LogP contribution in [-0.2, 0) is 0 Å². The van der Waals surface area contributed by atoms with Crippen LogP contribution in [0.5, 0.6) is 0 Å². The lowest BCUT2D eigenvalue weighted by Crippen LogP contribution is -2.22. The zero-order chi connectivity index (χ0) is 10.2. The summed E-state index contributed by atoms with van der Waals surface area (Å²) in [7, 11) is 0. The lowest BCUT2D eigenvalue weighted by molar-refractivity contribution is 0.0687. The van der Waals surface area contributed by atoms with Gasteiger partial charge in [0.25, 0.3) is 0 Å². The van der Waals surface area contributed by atoms with Crippen LogP contribution in [0.3, 0.4) is 0 Å². The minimum Gasteiger partial charge on any atom is -0.359 e. The summed E-state index contributed by atoms with van der Waals surface area (Å²) < 4.78 is 25.0. The Labute approximate surface area is 84.5 Å². The fourth-order valence-electron chi connectivity index (χ4n) is 1.25. The van der Waals surface area contributed by atoms with Crippen molar-refractivity contribution in [3.63, 3.8) is 0 Å². The Morgan fingerprint density at radius 2 is 2.21 bits per heavy atom. The number of hydrogen-bond acceptors (Lipinski definition) is 4. The number of nitrogens with zero attached hydrogens (tertiary/aromatic N) is 2. The van der Waals surface area contributed by atoms with E-state index >= 15 is 0 Å². The van der Waals surface area contributed by atoms with Crippen LogP contribution < -0.4 is 5.32 Å². The zero-order valence-electron chi connectivity index (χ0n) is 7.76. The number of rotatable bonds is 4. The quantitative estimate of drug-likeness (QED) is 0.844. The molecule has 0 radical (unpaired) electrons. The molecule has 0 aliphatic heterocycles. The van der Waals surface area contributed by atoms with Gasteiger partial charge in [-0.2, -0.15) is 0 Å². The van der Waals surface area contributed by atoms with E-state index in [2.05, 4.69) is 15.5 Å². The van der Waals surface area contributed by atoms with Crippen LogP contribution in [0.15, 0.2) is 0 Å². The highest BCUT2D eigenvalue weighted by Gasteiger charge is 2.50. The molecule has 6 heteroatoms. The number of aryl methyl sites for hydroxylation is 1. The standard InChI is InChI=1S/C8H11F2N3S/c1-5-12-13-7(14-5)11-4-8(2-3-8)6(9)10/h6H,2-4H2,1H3,(H,11,13). The fraction of sp³-hybridized carbons (Fsp3) is 0.750. The van der Waals surface area contributed by atoms with Gasteiger partial charge < -0.3 is 5.32 Å². The van der Waals surface area contributed by atoms with Crippen LogP contribution >= 0.6 is 11.3 Å². The molecule has 1 aliphatic carbocycles. The number of aromatic nitrogens is 2. The maximum absolute atomic E-state index is 12.5. The van der Waals surface area contributed by atoms with Crippen molar-refractivity contribution >= 4 is 16.5 Å². The first-order chi connectivity index (χ1) is 6.62. The zero-order valence-corrected chi connectivity index (χ0v) is 8.57. The third-order valence-electron chi connectivity index (χ3n) is 2.47. The van der Waals surface area contributed by atoms with E-state index in [4.69, 9.17) is 0 Å². The first-order valence-electron chi connectivity index (χ1n) is 4.44. The van der Waals surface area contributed by atoms with E-state index < -0.39 is 11.8 Å². The molecule has 1 N–H and O–H groups in total. The lowest BCUT2D eigenvalue weighted by Gasteiger charge is -2.13. The van der Waals surface area contributed by atoms with E-state index in [0.717, 1.165) is 5.01 Å². The molecule has 1 aliphatic rings. The van der Waals surface area contributed by atoms with Gasteiger partial charge in [-0.05, 0) is 19.8 Å². The van der Waals surface area contributed by atoms with E-state index in [9.17, 15) is 8.78 Å². The van der Waals surface area contributed by atoms with Gasteiger partial charge in [0.2, 0.25) is 11.6 Å². The number of halogens is 2. The van der Waals surface area contributed by atoms with Gasteiger partial charge in [0.15, 0.2) is 0 Å². The van der Waals surface area contributed by atoms with Gasteiger partial charge in [0, 0.05) is 12.0 Å². The second kappa shape index (κ2) is 3.42. The maximum Gasteiger partial charge on any atom is 0.245 e. The van der Waals surface area contributed by atoms with Gasteiger partial charge in [0.1, 0.15) is 5.01 Å². The predicted molar refractivity (Wildman–Crippen MR) is 50.8 cm³/mol. The van der Waals surface area contributed by atoms with Gasteiger partial charge in [-0.1, -0.05) is 11.3 Å². The molecule has 0 spiro atoms. The average molecular weight is 219 g/mol. The summed E-state index contributed by atoms with van der Waals surface area (Å²) >= 11 is 1.39. The monoisotopic (exact) mass is 219 g/mol. The molecular formula is C8H11F2N3S. The molecule has 0 amide bonds. The Morgan fingerprint density at radius 3 is 2.64 bits per heavy atom. The molecule has 2 rings (SSSR count). The van der Waals surface area contributed by atoms with Gasteiger partial charge in [-0.25, -0.2) is 8.78 Å². The molecule has 1 aromatic rings. The minimum absolute atomic E-state index is 0.305.